The van der Waals surface area contributed by atoms with Gasteiger partial charge in [0.1, 0.15) is 5.82 Å². The molecular weight excluding hydrogens is 180 g/mol. The molecule has 0 fully saturated rings. The third-order valence-corrected chi connectivity index (χ3v) is 2.78. The van der Waals surface area contributed by atoms with E-state index in [0.717, 1.165) is 11.4 Å². The van der Waals surface area contributed by atoms with Gasteiger partial charge in [0.25, 0.3) is 0 Å². The Hall–Kier alpha value is -0.700. The van der Waals surface area contributed by atoms with E-state index in [1.165, 1.54) is 5.56 Å². The van der Waals surface area contributed by atoms with E-state index in [0.29, 0.717) is 11.1 Å². The van der Waals surface area contributed by atoms with Gasteiger partial charge in [-0.2, -0.15) is 11.8 Å². The van der Waals surface area contributed by atoms with Crippen molar-refractivity contribution in [3.8, 4) is 0 Å². The molecule has 0 atom stereocenters. The quantitative estimate of drug-likeness (QED) is 0.807. The first kappa shape index (κ1) is 10.4. The largest absolute Gasteiger partial charge is 0.384 e. The lowest BCUT2D eigenvalue weighted by Gasteiger charge is -2.06. The van der Waals surface area contributed by atoms with Crippen molar-refractivity contribution < 1.29 is 0 Å². The Bertz CT molecular complexity index is 264. The van der Waals surface area contributed by atoms with Gasteiger partial charge in [-0.25, -0.2) is 4.98 Å². The molecule has 1 heterocycles. The normalized spacial score (nSPS) is 10.8. The second kappa shape index (κ2) is 4.51. The fraction of sp³-hybridized carbons (Fsp3) is 0.500. The zero-order valence-corrected chi connectivity index (χ0v) is 9.19. The number of hydrogen-bond donors (Lipinski definition) is 1. The molecule has 72 valence electrons. The van der Waals surface area contributed by atoms with Crippen LogP contribution < -0.4 is 5.73 Å². The van der Waals surface area contributed by atoms with Crippen LogP contribution in [0.4, 0.5) is 5.82 Å². The summed E-state index contributed by atoms with van der Waals surface area (Å²) >= 11 is 1.92. The van der Waals surface area contributed by atoms with E-state index in [2.05, 4.69) is 24.9 Å². The van der Waals surface area contributed by atoms with Gasteiger partial charge >= 0.3 is 0 Å². The highest BCUT2D eigenvalue weighted by Crippen LogP contribution is 2.18. The Labute approximate surface area is 83.9 Å². The highest BCUT2D eigenvalue weighted by atomic mass is 32.2. The molecule has 0 spiro atoms. The summed E-state index contributed by atoms with van der Waals surface area (Å²) in [4.78, 5) is 4.13. The highest BCUT2D eigenvalue weighted by molar-refractivity contribution is 7.99. The Morgan fingerprint density at radius 2 is 2.15 bits per heavy atom. The average Bonchev–Trinajstić information content (AvgIpc) is 1.99. The summed E-state index contributed by atoms with van der Waals surface area (Å²) in [6, 6.07) is 4.04. The molecule has 0 saturated carbocycles. The standard InChI is InChI=1S/C10H16N2S/c1-7(2)13-6-9-4-8(3)12-10(11)5-9/h4-5,7H,6H2,1-3H3,(H2,11,12). The maximum Gasteiger partial charge on any atom is 0.123 e. The predicted octanol–water partition coefficient (Wildman–Crippen LogP) is 2.61. The van der Waals surface area contributed by atoms with Gasteiger partial charge in [-0.15, -0.1) is 0 Å². The summed E-state index contributed by atoms with van der Waals surface area (Å²) < 4.78 is 0. The smallest absolute Gasteiger partial charge is 0.123 e. The van der Waals surface area contributed by atoms with E-state index >= 15 is 0 Å². The van der Waals surface area contributed by atoms with Crippen LogP contribution in [0.1, 0.15) is 25.1 Å². The van der Waals surface area contributed by atoms with Gasteiger partial charge in [0.15, 0.2) is 0 Å². The van der Waals surface area contributed by atoms with E-state index in [4.69, 9.17) is 5.73 Å². The van der Waals surface area contributed by atoms with Gasteiger partial charge in [0.2, 0.25) is 0 Å². The van der Waals surface area contributed by atoms with Crippen molar-refractivity contribution in [3.05, 3.63) is 23.4 Å². The fourth-order valence-corrected chi connectivity index (χ4v) is 1.81. The van der Waals surface area contributed by atoms with E-state index < -0.39 is 0 Å². The number of anilines is 1. The molecule has 13 heavy (non-hydrogen) atoms. The third kappa shape index (κ3) is 3.68. The van der Waals surface area contributed by atoms with Crippen LogP contribution in [-0.4, -0.2) is 10.2 Å². The lowest BCUT2D eigenvalue weighted by atomic mass is 10.2. The number of pyridine rings is 1. The van der Waals surface area contributed by atoms with E-state index in [-0.39, 0.29) is 0 Å². The second-order valence-corrected chi connectivity index (χ2v) is 4.97. The van der Waals surface area contributed by atoms with Crippen molar-refractivity contribution in [2.24, 2.45) is 0 Å². The third-order valence-electron chi connectivity index (χ3n) is 1.62. The van der Waals surface area contributed by atoms with E-state index in [9.17, 15) is 0 Å². The number of nitrogen functional groups attached to an aromatic ring is 1. The van der Waals surface area contributed by atoms with Crippen molar-refractivity contribution in [1.82, 2.24) is 4.98 Å². The summed E-state index contributed by atoms with van der Waals surface area (Å²) in [6.07, 6.45) is 0. The highest BCUT2D eigenvalue weighted by Gasteiger charge is 1.99. The number of aromatic nitrogens is 1. The topological polar surface area (TPSA) is 38.9 Å². The summed E-state index contributed by atoms with van der Waals surface area (Å²) in [7, 11) is 0. The van der Waals surface area contributed by atoms with Crippen LogP contribution in [0.2, 0.25) is 0 Å². The maximum absolute atomic E-state index is 5.65. The molecule has 2 nitrogen and oxygen atoms in total. The van der Waals surface area contributed by atoms with Crippen LogP contribution in [0.15, 0.2) is 12.1 Å². The first-order valence-corrected chi connectivity index (χ1v) is 5.47. The minimum absolute atomic E-state index is 0.624. The molecule has 0 aromatic carbocycles. The molecule has 0 radical (unpaired) electrons. The van der Waals surface area contributed by atoms with Gasteiger partial charge < -0.3 is 5.73 Å². The van der Waals surface area contributed by atoms with E-state index in [1.54, 1.807) is 0 Å². The predicted molar refractivity (Wildman–Crippen MR) is 59.8 cm³/mol. The van der Waals surface area contributed by atoms with Gasteiger partial charge in [0, 0.05) is 11.4 Å². The number of aryl methyl sites for hydroxylation is 1. The molecule has 0 unspecified atom stereocenters. The van der Waals surface area contributed by atoms with Crippen LogP contribution in [0.3, 0.4) is 0 Å². The van der Waals surface area contributed by atoms with Crippen molar-refractivity contribution in [2.75, 3.05) is 5.73 Å². The Morgan fingerprint density at radius 3 is 2.69 bits per heavy atom. The molecule has 0 saturated heterocycles. The summed E-state index contributed by atoms with van der Waals surface area (Å²) in [6.45, 7) is 6.37. The van der Waals surface area contributed by atoms with Gasteiger partial charge in [-0.1, -0.05) is 13.8 Å². The van der Waals surface area contributed by atoms with Gasteiger partial charge in [-0.05, 0) is 29.9 Å². The lowest BCUT2D eigenvalue weighted by molar-refractivity contribution is 1.10. The van der Waals surface area contributed by atoms with E-state index in [1.807, 2.05) is 24.8 Å². The van der Waals surface area contributed by atoms with Gasteiger partial charge in [0.05, 0.1) is 0 Å². The van der Waals surface area contributed by atoms with Crippen LogP contribution in [0.25, 0.3) is 0 Å². The lowest BCUT2D eigenvalue weighted by Crippen LogP contribution is -1.96. The van der Waals surface area contributed by atoms with Crippen LogP contribution in [-0.2, 0) is 5.75 Å². The number of hydrogen-bond acceptors (Lipinski definition) is 3. The number of nitrogens with zero attached hydrogens (tertiary/aromatic N) is 1. The maximum atomic E-state index is 5.65. The zero-order valence-electron chi connectivity index (χ0n) is 8.37. The molecular formula is C10H16N2S. The molecule has 0 aliphatic rings. The van der Waals surface area contributed by atoms with Crippen molar-refractivity contribution in [2.45, 2.75) is 31.8 Å². The molecule has 0 aliphatic carbocycles. The minimum Gasteiger partial charge on any atom is -0.384 e. The molecule has 3 heteroatoms. The molecule has 0 bridgehead atoms. The monoisotopic (exact) mass is 196 g/mol. The molecule has 0 aliphatic heterocycles. The van der Waals surface area contributed by atoms with Crippen molar-refractivity contribution in [1.29, 1.82) is 0 Å². The average molecular weight is 196 g/mol. The summed E-state index contributed by atoms with van der Waals surface area (Å²) in [5.74, 6) is 1.64. The minimum atomic E-state index is 0.624. The zero-order chi connectivity index (χ0) is 9.84. The van der Waals surface area contributed by atoms with Crippen LogP contribution in [0.5, 0.6) is 0 Å². The van der Waals surface area contributed by atoms with Gasteiger partial charge in [-0.3, -0.25) is 0 Å². The molecule has 2 N–H and O–H groups in total. The molecule has 1 aromatic heterocycles. The Morgan fingerprint density at radius 1 is 1.46 bits per heavy atom. The van der Waals surface area contributed by atoms with Crippen molar-refractivity contribution in [3.63, 3.8) is 0 Å². The summed E-state index contributed by atoms with van der Waals surface area (Å²) in [5.41, 5.74) is 7.91. The number of rotatable bonds is 3. The first-order valence-electron chi connectivity index (χ1n) is 4.42. The van der Waals surface area contributed by atoms with Crippen molar-refractivity contribution >= 4 is 17.6 Å². The van der Waals surface area contributed by atoms with Crippen LogP contribution in [0, 0.1) is 6.92 Å². The second-order valence-electron chi connectivity index (χ2n) is 3.40. The number of nitrogens with two attached hydrogens (primary N) is 1. The SMILES string of the molecule is Cc1cc(CSC(C)C)cc(N)n1. The Kier molecular flexibility index (Phi) is 3.60. The molecule has 1 aromatic rings. The fourth-order valence-electron chi connectivity index (χ4n) is 1.11. The summed E-state index contributed by atoms with van der Waals surface area (Å²) in [5, 5.41) is 0.662. The Balaban J connectivity index is 2.66. The van der Waals surface area contributed by atoms with Crippen LogP contribution >= 0.6 is 11.8 Å². The first-order chi connectivity index (χ1) is 6.08. The number of thioether (sulfide) groups is 1. The molecule has 1 rings (SSSR count). The molecule has 0 amide bonds.